The standard InChI is InChI=1S/C17H19F17O4S2/c1-4-7-9(35)8-39(5-2,6-3)38-40(36,37)17(33,34)15(28,29)13(24,25)11(20,21)10(18,19)12(22,23)14(26,27)16(30,31)32/h4-8H2,1-3H3. The zero-order valence-corrected chi connectivity index (χ0v) is 21.5. The Morgan fingerprint density at radius 2 is 0.900 bits per heavy atom. The normalized spacial score (nSPS) is 16.3. The molecule has 0 radical (unpaired) electrons. The summed E-state index contributed by atoms with van der Waals surface area (Å²) in [5.74, 6) is -55.7. The Labute approximate surface area is 216 Å². The van der Waals surface area contributed by atoms with Crippen LogP contribution in [0.15, 0.2) is 0 Å². The van der Waals surface area contributed by atoms with Gasteiger partial charge in [-0.1, -0.05) is 20.8 Å². The lowest BCUT2D eigenvalue weighted by Gasteiger charge is -2.43. The van der Waals surface area contributed by atoms with E-state index in [0.29, 0.717) is 0 Å². The molecule has 0 fully saturated rings. The lowest BCUT2D eigenvalue weighted by Crippen LogP contribution is -2.75. The van der Waals surface area contributed by atoms with Gasteiger partial charge in [0, 0.05) is 6.42 Å². The van der Waals surface area contributed by atoms with E-state index in [9.17, 15) is 87.8 Å². The maximum absolute atomic E-state index is 14.3. The van der Waals surface area contributed by atoms with Crippen molar-refractivity contribution in [2.75, 3.05) is 17.3 Å². The van der Waals surface area contributed by atoms with Gasteiger partial charge in [0.15, 0.2) is 0 Å². The minimum Gasteiger partial charge on any atom is -0.299 e. The summed E-state index contributed by atoms with van der Waals surface area (Å²) in [5, 5.41) is -7.76. The van der Waals surface area contributed by atoms with E-state index in [2.05, 4.69) is 3.63 Å². The van der Waals surface area contributed by atoms with E-state index in [-0.39, 0.29) is 12.8 Å². The van der Waals surface area contributed by atoms with Gasteiger partial charge in [0.2, 0.25) is 0 Å². The van der Waals surface area contributed by atoms with Crippen molar-refractivity contribution in [2.45, 2.75) is 80.6 Å². The molecule has 40 heavy (non-hydrogen) atoms. The number of carbonyl (C=O) groups excluding carboxylic acids is 1. The molecule has 0 aliphatic rings. The quantitative estimate of drug-likeness (QED) is 0.170. The molecule has 0 heterocycles. The van der Waals surface area contributed by atoms with Crippen LogP contribution in [-0.4, -0.2) is 78.4 Å². The molecule has 0 unspecified atom stereocenters. The Bertz CT molecular complexity index is 1020. The molecule has 0 saturated heterocycles. The van der Waals surface area contributed by atoms with Crippen molar-refractivity contribution in [3.05, 3.63) is 0 Å². The number of Topliss-reactive ketones (excluding diaryl/α,β-unsaturated/α-hetero) is 1. The van der Waals surface area contributed by atoms with Crippen molar-refractivity contribution in [1.82, 2.24) is 0 Å². The number of hydrogen-bond acceptors (Lipinski definition) is 4. The van der Waals surface area contributed by atoms with Crippen LogP contribution in [0.5, 0.6) is 0 Å². The Hall–Kier alpha value is -1.26. The van der Waals surface area contributed by atoms with Crippen LogP contribution in [0.2, 0.25) is 0 Å². The molecule has 0 N–H and O–H groups in total. The smallest absolute Gasteiger partial charge is 0.299 e. The van der Waals surface area contributed by atoms with Crippen LogP contribution in [-0.2, 0) is 18.5 Å². The molecule has 0 aromatic rings. The molecule has 0 aromatic heterocycles. The van der Waals surface area contributed by atoms with Crippen molar-refractivity contribution in [3.63, 3.8) is 0 Å². The highest BCUT2D eigenvalue weighted by atomic mass is 32.3. The fourth-order valence-corrected chi connectivity index (χ4v) is 7.53. The highest BCUT2D eigenvalue weighted by Crippen LogP contribution is 2.65. The maximum atomic E-state index is 14.3. The number of ketones is 1. The van der Waals surface area contributed by atoms with Gasteiger partial charge in [-0.3, -0.25) is 4.79 Å². The first-order valence-electron chi connectivity index (χ1n) is 10.2. The summed E-state index contributed by atoms with van der Waals surface area (Å²) < 4.78 is 256. The van der Waals surface area contributed by atoms with Crippen LogP contribution >= 0.6 is 10.3 Å². The van der Waals surface area contributed by atoms with Crippen LogP contribution < -0.4 is 0 Å². The lowest BCUT2D eigenvalue weighted by molar-refractivity contribution is -0.458. The molecule has 23 heteroatoms. The maximum Gasteiger partial charge on any atom is 0.460 e. The molecule has 0 spiro atoms. The molecule has 0 rings (SSSR count). The third-order valence-corrected chi connectivity index (χ3v) is 11.0. The van der Waals surface area contributed by atoms with E-state index < -0.39 is 90.4 Å². The minimum absolute atomic E-state index is 0.0519. The molecule has 0 aromatic carbocycles. The molecule has 242 valence electrons. The van der Waals surface area contributed by atoms with Crippen LogP contribution in [0.4, 0.5) is 74.6 Å². The lowest BCUT2D eigenvalue weighted by atomic mass is 9.91. The van der Waals surface area contributed by atoms with Gasteiger partial charge in [-0.25, -0.2) is 3.63 Å². The summed E-state index contributed by atoms with van der Waals surface area (Å²) in [4.78, 5) is 11.9. The summed E-state index contributed by atoms with van der Waals surface area (Å²) in [6, 6.07) is 0. The number of rotatable bonds is 15. The van der Waals surface area contributed by atoms with Gasteiger partial charge in [-0.2, -0.15) is 83.1 Å². The predicted octanol–water partition coefficient (Wildman–Crippen LogP) is 7.43. The van der Waals surface area contributed by atoms with Crippen LogP contribution in [0.25, 0.3) is 0 Å². The van der Waals surface area contributed by atoms with Crippen LogP contribution in [0.1, 0.15) is 33.6 Å². The molecular formula is C17H19F17O4S2. The Morgan fingerprint density at radius 3 is 1.20 bits per heavy atom. The molecule has 0 bridgehead atoms. The molecule has 0 aliphatic carbocycles. The fraction of sp³-hybridized carbons (Fsp3) is 0.941. The fourth-order valence-electron chi connectivity index (χ4n) is 2.71. The summed E-state index contributed by atoms with van der Waals surface area (Å²) in [6.45, 7) is 3.21. The zero-order valence-electron chi connectivity index (χ0n) is 19.9. The molecule has 0 atom stereocenters. The number of hydrogen-bond donors (Lipinski definition) is 0. The summed E-state index contributed by atoms with van der Waals surface area (Å²) in [7, 11) is -11.5. The van der Waals surface area contributed by atoms with E-state index in [0.717, 1.165) is 13.8 Å². The second kappa shape index (κ2) is 11.1. The third-order valence-electron chi connectivity index (χ3n) is 5.25. The van der Waals surface area contributed by atoms with Crippen molar-refractivity contribution >= 4 is 26.2 Å². The average Bonchev–Trinajstić information content (AvgIpc) is 2.76. The molecule has 0 amide bonds. The second-order valence-corrected chi connectivity index (χ2v) is 13.3. The van der Waals surface area contributed by atoms with Gasteiger partial charge in [0.25, 0.3) is 0 Å². The van der Waals surface area contributed by atoms with E-state index >= 15 is 0 Å². The van der Waals surface area contributed by atoms with E-state index in [1.807, 2.05) is 0 Å². The first kappa shape index (κ1) is 38.7. The van der Waals surface area contributed by atoms with Gasteiger partial charge in [-0.15, -0.1) is 10.3 Å². The minimum atomic E-state index is -8.92. The number of carbonyl (C=O) groups is 1. The van der Waals surface area contributed by atoms with E-state index in [1.165, 1.54) is 6.92 Å². The van der Waals surface area contributed by atoms with Gasteiger partial charge in [0.1, 0.15) is 5.78 Å². The van der Waals surface area contributed by atoms with Crippen molar-refractivity contribution in [1.29, 1.82) is 0 Å². The van der Waals surface area contributed by atoms with Gasteiger partial charge in [0.05, 0.1) is 5.75 Å². The first-order valence-corrected chi connectivity index (χ1v) is 13.7. The number of alkyl halides is 17. The molecule has 0 aliphatic heterocycles. The second-order valence-electron chi connectivity index (χ2n) is 7.96. The average molecular weight is 674 g/mol. The zero-order chi connectivity index (χ0) is 32.8. The summed E-state index contributed by atoms with van der Waals surface area (Å²) in [5.41, 5.74) is 0. The summed E-state index contributed by atoms with van der Waals surface area (Å²) in [6.07, 6.45) is -8.24. The SMILES string of the molecule is CCCC(=O)CS(CC)(CC)OS(=O)(=O)C(F)(F)C(F)(F)C(F)(F)C(F)(F)C(F)(F)C(F)(F)C(F)(F)C(F)(F)F. The Morgan fingerprint density at radius 1 is 0.575 bits per heavy atom. The van der Waals surface area contributed by atoms with Crippen molar-refractivity contribution in [3.8, 4) is 0 Å². The summed E-state index contributed by atoms with van der Waals surface area (Å²) >= 11 is 0. The highest BCUT2D eigenvalue weighted by molar-refractivity contribution is 8.33. The molecule has 0 saturated carbocycles. The van der Waals surface area contributed by atoms with Crippen LogP contribution in [0.3, 0.4) is 0 Å². The van der Waals surface area contributed by atoms with Gasteiger partial charge < -0.3 is 0 Å². The van der Waals surface area contributed by atoms with Gasteiger partial charge >= 0.3 is 57.1 Å². The largest absolute Gasteiger partial charge is 0.460 e. The van der Waals surface area contributed by atoms with Crippen LogP contribution in [0, 0.1) is 0 Å². The molecular weight excluding hydrogens is 655 g/mol. The highest BCUT2D eigenvalue weighted by Gasteiger charge is 2.96. The van der Waals surface area contributed by atoms with Crippen molar-refractivity contribution in [2.24, 2.45) is 0 Å². The Balaban J connectivity index is 6.99. The predicted molar refractivity (Wildman–Crippen MR) is 104 cm³/mol. The first-order chi connectivity index (χ1) is 17.3. The van der Waals surface area contributed by atoms with E-state index in [1.54, 1.807) is 0 Å². The third kappa shape index (κ3) is 5.70. The van der Waals surface area contributed by atoms with E-state index in [4.69, 9.17) is 0 Å². The van der Waals surface area contributed by atoms with Crippen molar-refractivity contribution < 1.29 is 91.5 Å². The van der Waals surface area contributed by atoms with Gasteiger partial charge in [-0.05, 0) is 17.9 Å². The monoisotopic (exact) mass is 674 g/mol. The topological polar surface area (TPSA) is 60.4 Å². The number of halogens is 17. The molecule has 4 nitrogen and oxygen atoms in total. The Kier molecular flexibility index (Phi) is 10.8.